The molecule has 2 aromatic rings. The number of hydrogen-bond acceptors (Lipinski definition) is 6. The number of hydrogen-bond donors (Lipinski definition) is 1. The fraction of sp³-hybridized carbons (Fsp3) is 0.538. The van der Waals surface area contributed by atoms with Crippen molar-refractivity contribution in [2.75, 3.05) is 51.1 Å². The molecule has 0 saturated carbocycles. The van der Waals surface area contributed by atoms with E-state index in [-0.39, 0.29) is 0 Å². The minimum Gasteiger partial charge on any atom is -0.493 e. The first-order valence-corrected chi connectivity index (χ1v) is 12.8. The van der Waals surface area contributed by atoms with Crippen molar-refractivity contribution in [3.05, 3.63) is 47.5 Å². The second-order valence-corrected chi connectivity index (χ2v) is 10.2. The summed E-state index contributed by atoms with van der Waals surface area (Å²) in [6.45, 7) is 4.50. The lowest BCUT2D eigenvalue weighted by atomic mass is 9.89. The smallest absolute Gasteiger partial charge is 0.166 e. The lowest BCUT2D eigenvalue weighted by molar-refractivity contribution is 0.141. The van der Waals surface area contributed by atoms with Crippen molar-refractivity contribution in [3.8, 4) is 11.5 Å². The van der Waals surface area contributed by atoms with Gasteiger partial charge < -0.3 is 24.4 Å². The summed E-state index contributed by atoms with van der Waals surface area (Å²) < 4.78 is 10.9. The van der Waals surface area contributed by atoms with E-state index in [1.165, 1.54) is 35.7 Å². The summed E-state index contributed by atoms with van der Waals surface area (Å²) in [6.07, 6.45) is 3.65. The fourth-order valence-corrected chi connectivity index (χ4v) is 6.89. The third-order valence-corrected chi connectivity index (χ3v) is 8.46. The summed E-state index contributed by atoms with van der Waals surface area (Å²) in [4.78, 5) is 6.82. The Morgan fingerprint density at radius 1 is 1.12 bits per heavy atom. The van der Waals surface area contributed by atoms with Gasteiger partial charge in [-0.15, -0.1) is 11.8 Å². The first-order chi connectivity index (χ1) is 15.7. The van der Waals surface area contributed by atoms with Gasteiger partial charge in [0.25, 0.3) is 0 Å². The highest BCUT2D eigenvalue weighted by Crippen LogP contribution is 2.50. The summed E-state index contributed by atoms with van der Waals surface area (Å²) in [5.74, 6) is 3.15. The summed E-state index contributed by atoms with van der Waals surface area (Å²) in [7, 11) is 3.26. The molecule has 3 heterocycles. The Labute approximate surface area is 195 Å². The van der Waals surface area contributed by atoms with Gasteiger partial charge in [0, 0.05) is 42.1 Å². The Bertz CT molecular complexity index is 953. The Kier molecular flexibility index (Phi) is 6.54. The van der Waals surface area contributed by atoms with E-state index in [0.29, 0.717) is 23.5 Å². The van der Waals surface area contributed by atoms with Gasteiger partial charge in [-0.3, -0.25) is 0 Å². The molecule has 1 saturated heterocycles. The monoisotopic (exact) mass is 454 g/mol. The summed E-state index contributed by atoms with van der Waals surface area (Å²) >= 11 is 2.03. The molecule has 32 heavy (non-hydrogen) atoms. The van der Waals surface area contributed by atoms with Crippen LogP contribution in [0.25, 0.3) is 0 Å². The van der Waals surface area contributed by atoms with E-state index in [2.05, 4.69) is 28.0 Å². The van der Waals surface area contributed by atoms with E-state index in [1.54, 1.807) is 19.8 Å². The van der Waals surface area contributed by atoms with Crippen molar-refractivity contribution in [1.82, 2.24) is 4.90 Å². The Morgan fingerprint density at radius 3 is 2.84 bits per heavy atom. The number of rotatable bonds is 7. The minimum absolute atomic E-state index is 0.544. The molecule has 172 valence electrons. The van der Waals surface area contributed by atoms with Crippen LogP contribution in [0.2, 0.25) is 0 Å². The number of ether oxygens (including phenoxy) is 2. The van der Waals surface area contributed by atoms with Gasteiger partial charge in [0.15, 0.2) is 11.5 Å². The average Bonchev–Trinajstić information content (AvgIpc) is 2.98. The van der Waals surface area contributed by atoms with Crippen molar-refractivity contribution >= 4 is 17.4 Å². The largest absolute Gasteiger partial charge is 0.493 e. The van der Waals surface area contributed by atoms with Crippen molar-refractivity contribution in [3.63, 3.8) is 0 Å². The SMILES string of the molecule is COc1cccc(C(O)CCCN2CC[C@H]3[C@@H](C2)c2cccc4c2N3CCCS4)c1OC. The molecule has 2 aromatic carbocycles. The zero-order valence-corrected chi connectivity index (χ0v) is 19.9. The van der Waals surface area contributed by atoms with Crippen LogP contribution in [-0.4, -0.2) is 62.2 Å². The van der Waals surface area contributed by atoms with Crippen LogP contribution < -0.4 is 14.4 Å². The summed E-state index contributed by atoms with van der Waals surface area (Å²) in [5.41, 5.74) is 3.91. The van der Waals surface area contributed by atoms with Gasteiger partial charge in [0.2, 0.25) is 0 Å². The van der Waals surface area contributed by atoms with E-state index in [9.17, 15) is 5.11 Å². The van der Waals surface area contributed by atoms with Gasteiger partial charge in [0.1, 0.15) is 0 Å². The van der Waals surface area contributed by atoms with Crippen molar-refractivity contribution in [2.45, 2.75) is 48.6 Å². The van der Waals surface area contributed by atoms with Gasteiger partial charge in [0.05, 0.1) is 26.0 Å². The summed E-state index contributed by atoms with van der Waals surface area (Å²) in [5, 5.41) is 10.8. The molecule has 5 rings (SSSR count). The van der Waals surface area contributed by atoms with Crippen LogP contribution in [0.5, 0.6) is 11.5 Å². The molecular formula is C26H34N2O3S. The van der Waals surface area contributed by atoms with Crippen LogP contribution in [0.4, 0.5) is 5.69 Å². The van der Waals surface area contributed by atoms with Crippen molar-refractivity contribution < 1.29 is 14.6 Å². The standard InChI is InChI=1S/C26H34N2O3S/c1-30-23-10-3-8-19(26(23)31-2)22(29)9-5-13-27-15-12-21-20(17-27)18-7-4-11-24-25(18)28(21)14-6-16-32-24/h3-4,7-8,10-11,20-22,29H,5-6,9,12-17H2,1-2H3/t20-,21-,22?/m0/s1. The molecule has 1 unspecified atom stereocenters. The van der Waals surface area contributed by atoms with Crippen LogP contribution in [0.3, 0.4) is 0 Å². The first-order valence-electron chi connectivity index (χ1n) is 11.8. The minimum atomic E-state index is -0.544. The Morgan fingerprint density at radius 2 is 2.00 bits per heavy atom. The average molecular weight is 455 g/mol. The number of piperidine rings is 1. The molecule has 0 radical (unpaired) electrons. The zero-order valence-electron chi connectivity index (χ0n) is 19.1. The molecule has 3 aliphatic rings. The van der Waals surface area contributed by atoms with Gasteiger partial charge >= 0.3 is 0 Å². The van der Waals surface area contributed by atoms with E-state index < -0.39 is 6.10 Å². The van der Waals surface area contributed by atoms with Gasteiger partial charge in [-0.1, -0.05) is 24.3 Å². The number of anilines is 1. The van der Waals surface area contributed by atoms with Crippen LogP contribution in [-0.2, 0) is 0 Å². The van der Waals surface area contributed by atoms with Crippen molar-refractivity contribution in [1.29, 1.82) is 0 Å². The number of fused-ring (bicyclic) bond motifs is 3. The highest BCUT2D eigenvalue weighted by molar-refractivity contribution is 7.99. The van der Waals surface area contributed by atoms with Gasteiger partial charge in [-0.05, 0) is 55.7 Å². The second kappa shape index (κ2) is 9.54. The molecule has 0 aromatic heterocycles. The number of nitrogens with zero attached hydrogens (tertiary/aromatic N) is 2. The lowest BCUT2D eigenvalue weighted by Crippen LogP contribution is -2.46. The Hall–Kier alpha value is -1.89. The molecule has 6 heteroatoms. The third kappa shape index (κ3) is 3.97. The van der Waals surface area contributed by atoms with Crippen LogP contribution >= 0.6 is 11.8 Å². The van der Waals surface area contributed by atoms with Crippen LogP contribution in [0, 0.1) is 0 Å². The number of para-hydroxylation sites is 2. The number of aliphatic hydroxyl groups is 1. The number of likely N-dealkylation sites (tertiary alicyclic amines) is 1. The number of thioether (sulfide) groups is 1. The molecular weight excluding hydrogens is 420 g/mol. The maximum Gasteiger partial charge on any atom is 0.166 e. The molecule has 3 atom stereocenters. The third-order valence-electron chi connectivity index (χ3n) is 7.32. The summed E-state index contributed by atoms with van der Waals surface area (Å²) in [6, 6.07) is 13.3. The zero-order chi connectivity index (χ0) is 22.1. The van der Waals surface area contributed by atoms with Crippen LogP contribution in [0.1, 0.15) is 48.8 Å². The predicted molar refractivity (Wildman–Crippen MR) is 130 cm³/mol. The number of methoxy groups -OCH3 is 2. The second-order valence-electron chi connectivity index (χ2n) is 9.09. The maximum atomic E-state index is 10.8. The first kappa shape index (κ1) is 21.9. The molecule has 0 spiro atoms. The van der Waals surface area contributed by atoms with Gasteiger partial charge in [-0.2, -0.15) is 0 Å². The molecule has 0 bridgehead atoms. The quantitative estimate of drug-likeness (QED) is 0.655. The molecule has 5 nitrogen and oxygen atoms in total. The van der Waals surface area contributed by atoms with E-state index >= 15 is 0 Å². The predicted octanol–water partition coefficient (Wildman–Crippen LogP) is 4.69. The number of aliphatic hydroxyl groups excluding tert-OH is 1. The number of benzene rings is 2. The van der Waals surface area contributed by atoms with E-state index in [4.69, 9.17) is 9.47 Å². The molecule has 1 fully saturated rings. The Balaban J connectivity index is 1.22. The fourth-order valence-electron chi connectivity index (χ4n) is 5.85. The van der Waals surface area contributed by atoms with E-state index in [0.717, 1.165) is 38.0 Å². The highest BCUT2D eigenvalue weighted by Gasteiger charge is 2.43. The lowest BCUT2D eigenvalue weighted by Gasteiger charge is -2.39. The molecule has 3 aliphatic heterocycles. The highest BCUT2D eigenvalue weighted by atomic mass is 32.2. The van der Waals surface area contributed by atoms with Gasteiger partial charge in [-0.25, -0.2) is 0 Å². The van der Waals surface area contributed by atoms with Crippen molar-refractivity contribution in [2.24, 2.45) is 0 Å². The normalized spacial score (nSPS) is 23.3. The van der Waals surface area contributed by atoms with Crippen LogP contribution in [0.15, 0.2) is 41.3 Å². The molecule has 1 N–H and O–H groups in total. The maximum absolute atomic E-state index is 10.8. The molecule has 0 amide bonds. The molecule has 0 aliphatic carbocycles. The van der Waals surface area contributed by atoms with E-state index in [1.807, 2.05) is 30.0 Å². The topological polar surface area (TPSA) is 45.2 Å².